The first-order valence-electron chi connectivity index (χ1n) is 12.7. The number of hydrogen-bond donors (Lipinski definition) is 1. The molecule has 0 unspecified atom stereocenters. The summed E-state index contributed by atoms with van der Waals surface area (Å²) in [4.78, 5) is 17.0. The summed E-state index contributed by atoms with van der Waals surface area (Å²) in [5.41, 5.74) is 3.41. The van der Waals surface area contributed by atoms with E-state index < -0.39 is 5.82 Å². The van der Waals surface area contributed by atoms with Gasteiger partial charge in [0.1, 0.15) is 24.0 Å². The molecule has 0 aliphatic carbocycles. The second-order valence-corrected chi connectivity index (χ2v) is 9.26. The maximum atomic E-state index is 13.7. The van der Waals surface area contributed by atoms with Crippen molar-refractivity contribution in [1.82, 2.24) is 14.9 Å². The number of para-hydroxylation sites is 3. The number of nitrogens with zero attached hydrogens (tertiary/aromatic N) is 2. The lowest BCUT2D eigenvalue weighted by Gasteiger charge is -2.15. The minimum absolute atomic E-state index is 0.0875. The van der Waals surface area contributed by atoms with E-state index in [9.17, 15) is 9.18 Å². The molecule has 1 aromatic heterocycles. The second-order valence-electron chi connectivity index (χ2n) is 9.26. The summed E-state index contributed by atoms with van der Waals surface area (Å²) in [5, 5.41) is 2.81. The Morgan fingerprint density at radius 1 is 0.972 bits per heavy atom. The molecule has 4 aromatic rings. The van der Waals surface area contributed by atoms with E-state index in [0.29, 0.717) is 19.1 Å². The molecule has 0 radical (unpaired) electrons. The van der Waals surface area contributed by atoms with Crippen LogP contribution in [0.2, 0.25) is 0 Å². The number of aromatic nitrogens is 2. The highest BCUT2D eigenvalue weighted by atomic mass is 19.1. The van der Waals surface area contributed by atoms with Crippen molar-refractivity contribution in [3.63, 3.8) is 0 Å². The monoisotopic (exact) mass is 487 g/mol. The third kappa shape index (κ3) is 6.30. The summed E-state index contributed by atoms with van der Waals surface area (Å²) in [5.74, 6) is 1.53. The van der Waals surface area contributed by atoms with Gasteiger partial charge in [-0.15, -0.1) is 0 Å². The van der Waals surface area contributed by atoms with Gasteiger partial charge in [-0.05, 0) is 54.7 Å². The molecular weight excluding hydrogens is 453 g/mol. The van der Waals surface area contributed by atoms with Crippen molar-refractivity contribution in [2.24, 2.45) is 0 Å². The number of aryl methyl sites for hydroxylation is 1. The Balaban J connectivity index is 1.30. The predicted octanol–water partition coefficient (Wildman–Crippen LogP) is 6.52. The van der Waals surface area contributed by atoms with Crippen molar-refractivity contribution in [2.45, 2.75) is 52.0 Å². The topological polar surface area (TPSA) is 56.1 Å². The first-order chi connectivity index (χ1) is 17.5. The summed E-state index contributed by atoms with van der Waals surface area (Å²) in [6.07, 6.45) is 3.57. The zero-order valence-electron chi connectivity index (χ0n) is 21.0. The van der Waals surface area contributed by atoms with Gasteiger partial charge in [0, 0.05) is 13.0 Å². The van der Waals surface area contributed by atoms with E-state index in [2.05, 4.69) is 41.9 Å². The van der Waals surface area contributed by atoms with E-state index in [1.54, 1.807) is 12.1 Å². The Bertz CT molecular complexity index is 1300. The van der Waals surface area contributed by atoms with Crippen molar-refractivity contribution in [1.29, 1.82) is 0 Å². The van der Waals surface area contributed by atoms with Crippen LogP contribution < -0.4 is 10.1 Å². The fraction of sp³-hybridized carbons (Fsp3) is 0.333. The zero-order valence-corrected chi connectivity index (χ0v) is 21.0. The Morgan fingerprint density at radius 2 is 1.72 bits per heavy atom. The first kappa shape index (κ1) is 25.4. The summed E-state index contributed by atoms with van der Waals surface area (Å²) >= 11 is 0. The number of ether oxygens (including phenoxy) is 1. The van der Waals surface area contributed by atoms with E-state index in [-0.39, 0.29) is 11.5 Å². The highest BCUT2D eigenvalue weighted by Crippen LogP contribution is 2.26. The van der Waals surface area contributed by atoms with Crippen LogP contribution >= 0.6 is 0 Å². The van der Waals surface area contributed by atoms with Gasteiger partial charge < -0.3 is 14.6 Å². The SMILES string of the molecule is CC(C)c1ccccc1OCCn1c(CCCCCNC(=O)c2ccccc2F)nc2ccccc21. The lowest BCUT2D eigenvalue weighted by Crippen LogP contribution is -2.25. The van der Waals surface area contributed by atoms with Crippen LogP contribution in [0.15, 0.2) is 72.8 Å². The number of hydrogen-bond acceptors (Lipinski definition) is 3. The maximum Gasteiger partial charge on any atom is 0.254 e. The number of fused-ring (bicyclic) bond motifs is 1. The van der Waals surface area contributed by atoms with Gasteiger partial charge in [0.2, 0.25) is 0 Å². The smallest absolute Gasteiger partial charge is 0.254 e. The quantitative estimate of drug-likeness (QED) is 0.232. The summed E-state index contributed by atoms with van der Waals surface area (Å²) < 4.78 is 22.2. The van der Waals surface area contributed by atoms with Gasteiger partial charge in [0.05, 0.1) is 23.1 Å². The molecule has 1 amide bonds. The molecule has 1 heterocycles. The molecule has 0 bridgehead atoms. The van der Waals surface area contributed by atoms with Crippen LogP contribution in [0, 0.1) is 5.82 Å². The van der Waals surface area contributed by atoms with Gasteiger partial charge in [0.25, 0.3) is 5.91 Å². The third-order valence-electron chi connectivity index (χ3n) is 6.33. The first-order valence-corrected chi connectivity index (χ1v) is 12.7. The molecule has 0 aliphatic heterocycles. The van der Waals surface area contributed by atoms with Gasteiger partial charge >= 0.3 is 0 Å². The normalized spacial score (nSPS) is 11.2. The second kappa shape index (κ2) is 12.3. The number of carbonyl (C=O) groups excluding carboxylic acids is 1. The fourth-order valence-corrected chi connectivity index (χ4v) is 4.43. The van der Waals surface area contributed by atoms with E-state index in [0.717, 1.165) is 54.8 Å². The Labute approximate surface area is 212 Å². The molecule has 0 atom stereocenters. The molecular formula is C30H34FN3O2. The number of benzene rings is 3. The third-order valence-corrected chi connectivity index (χ3v) is 6.33. The average Bonchev–Trinajstić information content (AvgIpc) is 3.23. The summed E-state index contributed by atoms with van der Waals surface area (Å²) in [6, 6.07) is 22.5. The standard InChI is InChI=1S/C30H34FN3O2/c1-22(2)23-12-6-10-17-28(23)36-21-20-34-27-16-9-8-15-26(27)33-29(34)18-4-3-11-19-32-30(35)24-13-5-7-14-25(24)31/h5-10,12-17,22H,3-4,11,18-21H2,1-2H3,(H,32,35). The predicted molar refractivity (Wildman–Crippen MR) is 142 cm³/mol. The number of halogens is 1. The van der Waals surface area contributed by atoms with Gasteiger partial charge in [-0.3, -0.25) is 4.79 Å². The molecule has 3 aromatic carbocycles. The van der Waals surface area contributed by atoms with E-state index in [4.69, 9.17) is 9.72 Å². The van der Waals surface area contributed by atoms with Crippen molar-refractivity contribution < 1.29 is 13.9 Å². The lowest BCUT2D eigenvalue weighted by molar-refractivity contribution is 0.0949. The molecule has 6 heteroatoms. The van der Waals surface area contributed by atoms with Gasteiger partial charge in [-0.2, -0.15) is 0 Å². The fourth-order valence-electron chi connectivity index (χ4n) is 4.43. The van der Waals surface area contributed by atoms with E-state index in [1.807, 2.05) is 30.3 Å². The summed E-state index contributed by atoms with van der Waals surface area (Å²) in [6.45, 7) is 6.16. The van der Waals surface area contributed by atoms with Crippen LogP contribution in [-0.2, 0) is 13.0 Å². The molecule has 36 heavy (non-hydrogen) atoms. The largest absolute Gasteiger partial charge is 0.491 e. The molecule has 0 saturated carbocycles. The van der Waals surface area contributed by atoms with Gasteiger partial charge in [-0.25, -0.2) is 9.37 Å². The molecule has 0 fully saturated rings. The maximum absolute atomic E-state index is 13.7. The highest BCUT2D eigenvalue weighted by molar-refractivity contribution is 5.94. The van der Waals surface area contributed by atoms with E-state index in [1.165, 1.54) is 17.7 Å². The van der Waals surface area contributed by atoms with Crippen LogP contribution in [-0.4, -0.2) is 28.6 Å². The molecule has 188 valence electrons. The Hall–Kier alpha value is -3.67. The number of imidazole rings is 1. The van der Waals surface area contributed by atoms with Crippen molar-refractivity contribution in [3.05, 3.63) is 95.6 Å². The van der Waals surface area contributed by atoms with Crippen molar-refractivity contribution in [3.8, 4) is 5.75 Å². The Morgan fingerprint density at radius 3 is 2.56 bits per heavy atom. The minimum atomic E-state index is -0.495. The highest BCUT2D eigenvalue weighted by Gasteiger charge is 2.13. The minimum Gasteiger partial charge on any atom is -0.491 e. The van der Waals surface area contributed by atoms with Crippen LogP contribution in [0.25, 0.3) is 11.0 Å². The number of rotatable bonds is 12. The van der Waals surface area contributed by atoms with Gasteiger partial charge in [-0.1, -0.05) is 62.7 Å². The van der Waals surface area contributed by atoms with Crippen LogP contribution in [0.5, 0.6) is 5.75 Å². The molecule has 4 rings (SSSR count). The number of amides is 1. The molecule has 1 N–H and O–H groups in total. The molecule has 5 nitrogen and oxygen atoms in total. The number of unbranched alkanes of at least 4 members (excludes halogenated alkanes) is 2. The number of nitrogens with one attached hydrogen (secondary N) is 1. The van der Waals surface area contributed by atoms with Crippen molar-refractivity contribution in [2.75, 3.05) is 13.2 Å². The summed E-state index contributed by atoms with van der Waals surface area (Å²) in [7, 11) is 0. The van der Waals surface area contributed by atoms with Crippen LogP contribution in [0.1, 0.15) is 60.8 Å². The van der Waals surface area contributed by atoms with Crippen LogP contribution in [0.3, 0.4) is 0 Å². The lowest BCUT2D eigenvalue weighted by atomic mass is 10.0. The molecule has 0 aliphatic rings. The van der Waals surface area contributed by atoms with Gasteiger partial charge in [0.15, 0.2) is 0 Å². The molecule has 0 saturated heterocycles. The number of carbonyl (C=O) groups is 1. The van der Waals surface area contributed by atoms with E-state index >= 15 is 0 Å². The Kier molecular flexibility index (Phi) is 8.71. The average molecular weight is 488 g/mol. The molecule has 0 spiro atoms. The zero-order chi connectivity index (χ0) is 25.3. The van der Waals surface area contributed by atoms with Crippen molar-refractivity contribution >= 4 is 16.9 Å². The van der Waals surface area contributed by atoms with Crippen LogP contribution in [0.4, 0.5) is 4.39 Å².